The second kappa shape index (κ2) is 4.08. The molecular weight excluding hydrogens is 210 g/mol. The van der Waals surface area contributed by atoms with Gasteiger partial charge in [-0.3, -0.25) is 19.3 Å². The number of amides is 2. The van der Waals surface area contributed by atoms with Crippen molar-refractivity contribution in [3.05, 3.63) is 12.2 Å². The first kappa shape index (κ1) is 10.9. The number of aliphatic carboxylic acids is 1. The van der Waals surface area contributed by atoms with Crippen molar-refractivity contribution in [1.29, 1.82) is 0 Å². The molecule has 2 amide bonds. The third-order valence-electron chi connectivity index (χ3n) is 3.15. The van der Waals surface area contributed by atoms with Crippen molar-refractivity contribution in [3.63, 3.8) is 0 Å². The lowest BCUT2D eigenvalue weighted by atomic mass is 9.85. The monoisotopic (exact) mass is 223 g/mol. The molecule has 0 aromatic carbocycles. The summed E-state index contributed by atoms with van der Waals surface area (Å²) in [5.74, 6) is -1.92. The van der Waals surface area contributed by atoms with Crippen LogP contribution in [-0.2, 0) is 14.4 Å². The number of fused-ring (bicyclic) bond motifs is 1. The van der Waals surface area contributed by atoms with Gasteiger partial charge in [-0.2, -0.15) is 0 Å². The number of allylic oxidation sites excluding steroid dienone is 2. The third-order valence-corrected chi connectivity index (χ3v) is 3.15. The summed E-state index contributed by atoms with van der Waals surface area (Å²) in [6.45, 7) is 0. The molecule has 1 fully saturated rings. The van der Waals surface area contributed by atoms with Crippen LogP contribution in [-0.4, -0.2) is 34.3 Å². The van der Waals surface area contributed by atoms with Gasteiger partial charge in [-0.15, -0.1) is 0 Å². The molecular formula is C11H13NO4. The summed E-state index contributed by atoms with van der Waals surface area (Å²) in [6.07, 6.45) is 4.84. The molecule has 0 saturated carbocycles. The van der Waals surface area contributed by atoms with Crippen LogP contribution >= 0.6 is 0 Å². The fourth-order valence-electron chi connectivity index (χ4n) is 2.30. The zero-order valence-corrected chi connectivity index (χ0v) is 8.76. The number of carboxylic acids is 1. The lowest BCUT2D eigenvalue weighted by Gasteiger charge is -2.14. The maximum atomic E-state index is 11.8. The van der Waals surface area contributed by atoms with Crippen molar-refractivity contribution in [2.45, 2.75) is 19.3 Å². The molecule has 2 rings (SSSR count). The topological polar surface area (TPSA) is 74.7 Å². The van der Waals surface area contributed by atoms with Gasteiger partial charge in [-0.05, 0) is 12.8 Å². The molecule has 2 unspecified atom stereocenters. The Labute approximate surface area is 92.7 Å². The zero-order chi connectivity index (χ0) is 11.7. The largest absolute Gasteiger partial charge is 0.481 e. The highest BCUT2D eigenvalue weighted by Crippen LogP contribution is 2.34. The van der Waals surface area contributed by atoms with Gasteiger partial charge < -0.3 is 5.11 Å². The average Bonchev–Trinajstić information content (AvgIpc) is 2.50. The van der Waals surface area contributed by atoms with Crippen LogP contribution in [0.15, 0.2) is 12.2 Å². The molecule has 1 heterocycles. The lowest BCUT2D eigenvalue weighted by Crippen LogP contribution is -2.33. The van der Waals surface area contributed by atoms with Crippen molar-refractivity contribution in [1.82, 2.24) is 4.90 Å². The van der Waals surface area contributed by atoms with Crippen molar-refractivity contribution < 1.29 is 19.5 Å². The molecule has 2 atom stereocenters. The standard InChI is InChI=1S/C11H13NO4/c13-9(14)5-6-12-10(15)7-3-1-2-4-8(7)11(12)16/h1-2,7-8H,3-6H2,(H,13,14). The molecule has 1 saturated heterocycles. The number of imide groups is 1. The summed E-state index contributed by atoms with van der Waals surface area (Å²) in [6, 6.07) is 0. The summed E-state index contributed by atoms with van der Waals surface area (Å²) < 4.78 is 0. The van der Waals surface area contributed by atoms with Crippen molar-refractivity contribution >= 4 is 17.8 Å². The van der Waals surface area contributed by atoms with Crippen LogP contribution in [0.1, 0.15) is 19.3 Å². The summed E-state index contributed by atoms with van der Waals surface area (Å²) >= 11 is 0. The van der Waals surface area contributed by atoms with E-state index in [2.05, 4.69) is 0 Å². The molecule has 86 valence electrons. The van der Waals surface area contributed by atoms with Gasteiger partial charge in [0.2, 0.25) is 11.8 Å². The van der Waals surface area contributed by atoms with Crippen molar-refractivity contribution in [2.24, 2.45) is 11.8 Å². The molecule has 1 aliphatic heterocycles. The summed E-state index contributed by atoms with van der Waals surface area (Å²) in [4.78, 5) is 35.2. The van der Waals surface area contributed by atoms with Crippen LogP contribution in [0.2, 0.25) is 0 Å². The van der Waals surface area contributed by atoms with Gasteiger partial charge in [0.05, 0.1) is 18.3 Å². The predicted octanol–water partition coefficient (Wildman–Crippen LogP) is 0.412. The SMILES string of the molecule is O=C(O)CCN1C(=O)C2CC=CCC2C1=O. The Hall–Kier alpha value is -1.65. The van der Waals surface area contributed by atoms with E-state index in [1.807, 2.05) is 12.2 Å². The highest BCUT2D eigenvalue weighted by atomic mass is 16.4. The molecule has 1 aliphatic carbocycles. The smallest absolute Gasteiger partial charge is 0.305 e. The Bertz CT molecular complexity index is 348. The Morgan fingerprint density at radius 3 is 2.19 bits per heavy atom. The first-order valence-electron chi connectivity index (χ1n) is 5.33. The van der Waals surface area contributed by atoms with Crippen molar-refractivity contribution in [3.8, 4) is 0 Å². The molecule has 0 bridgehead atoms. The molecule has 0 spiro atoms. The number of likely N-dealkylation sites (tertiary alicyclic amines) is 1. The lowest BCUT2D eigenvalue weighted by molar-refractivity contribution is -0.142. The molecule has 0 aromatic rings. The first-order valence-corrected chi connectivity index (χ1v) is 5.33. The summed E-state index contributed by atoms with van der Waals surface area (Å²) in [5, 5.41) is 8.54. The molecule has 0 radical (unpaired) electrons. The van der Waals surface area contributed by atoms with Gasteiger partial charge in [-0.1, -0.05) is 12.2 Å². The van der Waals surface area contributed by atoms with E-state index in [-0.39, 0.29) is 36.6 Å². The van der Waals surface area contributed by atoms with Crippen LogP contribution in [0.5, 0.6) is 0 Å². The van der Waals surface area contributed by atoms with Crippen molar-refractivity contribution in [2.75, 3.05) is 6.54 Å². The van der Waals surface area contributed by atoms with E-state index >= 15 is 0 Å². The number of nitrogens with zero attached hydrogens (tertiary/aromatic N) is 1. The number of hydrogen-bond acceptors (Lipinski definition) is 3. The van der Waals surface area contributed by atoms with Gasteiger partial charge in [0.15, 0.2) is 0 Å². The molecule has 2 aliphatic rings. The second-order valence-electron chi connectivity index (χ2n) is 4.13. The minimum Gasteiger partial charge on any atom is -0.481 e. The van der Waals surface area contributed by atoms with Crippen LogP contribution in [0.4, 0.5) is 0 Å². The fraction of sp³-hybridized carbons (Fsp3) is 0.545. The van der Waals surface area contributed by atoms with E-state index in [0.29, 0.717) is 12.8 Å². The maximum absolute atomic E-state index is 11.8. The fourth-order valence-corrected chi connectivity index (χ4v) is 2.30. The van der Waals surface area contributed by atoms with E-state index in [0.717, 1.165) is 4.90 Å². The molecule has 1 N–H and O–H groups in total. The van der Waals surface area contributed by atoms with Crippen LogP contribution in [0, 0.1) is 11.8 Å². The number of carbonyl (C=O) groups is 3. The van der Waals surface area contributed by atoms with Gasteiger partial charge >= 0.3 is 5.97 Å². The number of carbonyl (C=O) groups excluding carboxylic acids is 2. The Morgan fingerprint density at radius 2 is 1.75 bits per heavy atom. The van der Waals surface area contributed by atoms with E-state index in [9.17, 15) is 14.4 Å². The summed E-state index contributed by atoms with van der Waals surface area (Å²) in [5.41, 5.74) is 0. The Kier molecular flexibility index (Phi) is 2.77. The average molecular weight is 223 g/mol. The van der Waals surface area contributed by atoms with Gasteiger partial charge in [-0.25, -0.2) is 0 Å². The minimum atomic E-state index is -0.992. The molecule has 5 nitrogen and oxygen atoms in total. The number of rotatable bonds is 3. The van der Waals surface area contributed by atoms with Crippen LogP contribution in [0.25, 0.3) is 0 Å². The number of hydrogen-bond donors (Lipinski definition) is 1. The predicted molar refractivity (Wildman–Crippen MR) is 54.3 cm³/mol. The Morgan fingerprint density at radius 1 is 1.25 bits per heavy atom. The maximum Gasteiger partial charge on any atom is 0.305 e. The van der Waals surface area contributed by atoms with E-state index in [1.54, 1.807) is 0 Å². The normalized spacial score (nSPS) is 28.4. The van der Waals surface area contributed by atoms with E-state index in [4.69, 9.17) is 5.11 Å². The van der Waals surface area contributed by atoms with Gasteiger partial charge in [0.1, 0.15) is 0 Å². The van der Waals surface area contributed by atoms with Gasteiger partial charge in [0.25, 0.3) is 0 Å². The molecule has 16 heavy (non-hydrogen) atoms. The van der Waals surface area contributed by atoms with Crippen LogP contribution in [0.3, 0.4) is 0 Å². The minimum absolute atomic E-state index is 0. The Balaban J connectivity index is 2.08. The van der Waals surface area contributed by atoms with Gasteiger partial charge in [0, 0.05) is 6.54 Å². The highest BCUT2D eigenvalue weighted by Gasteiger charge is 2.46. The van der Waals surface area contributed by atoms with E-state index < -0.39 is 5.97 Å². The molecule has 5 heteroatoms. The zero-order valence-electron chi connectivity index (χ0n) is 8.76. The quantitative estimate of drug-likeness (QED) is 0.555. The molecule has 0 aromatic heterocycles. The van der Waals surface area contributed by atoms with Crippen LogP contribution < -0.4 is 0 Å². The van der Waals surface area contributed by atoms with E-state index in [1.165, 1.54) is 0 Å². The first-order chi connectivity index (χ1) is 7.61. The second-order valence-corrected chi connectivity index (χ2v) is 4.13. The summed E-state index contributed by atoms with van der Waals surface area (Å²) in [7, 11) is 0. The number of carboxylic acid groups (broad SMARTS) is 1. The third kappa shape index (κ3) is 1.73. The highest BCUT2D eigenvalue weighted by molar-refractivity contribution is 6.05.